The summed E-state index contributed by atoms with van der Waals surface area (Å²) in [4.78, 5) is 19.2. The number of nitrogens with zero attached hydrogens (tertiary/aromatic N) is 2. The van der Waals surface area contributed by atoms with Crippen LogP contribution in [-0.2, 0) is 4.84 Å². The molecule has 3 aliphatic rings. The van der Waals surface area contributed by atoms with E-state index in [1.54, 1.807) is 11.1 Å². The Morgan fingerprint density at radius 3 is 3.06 bits per heavy atom. The molecule has 2 heterocycles. The maximum atomic E-state index is 11.9. The van der Waals surface area contributed by atoms with E-state index in [-0.39, 0.29) is 12.1 Å². The molecule has 1 saturated carbocycles. The second kappa shape index (κ2) is 3.63. The second-order valence-corrected chi connectivity index (χ2v) is 4.59. The fraction of sp³-hybridized carbons (Fsp3) is 0.583. The van der Waals surface area contributed by atoms with Crippen molar-refractivity contribution in [2.45, 2.75) is 18.9 Å². The van der Waals surface area contributed by atoms with Gasteiger partial charge in [0.25, 0.3) is 0 Å². The molecule has 0 aromatic heterocycles. The van der Waals surface area contributed by atoms with Crippen molar-refractivity contribution in [3.63, 3.8) is 0 Å². The molecule has 3 rings (SSSR count). The zero-order valence-electron chi connectivity index (χ0n) is 9.26. The number of hydroxylamine groups is 2. The molecule has 4 nitrogen and oxygen atoms in total. The summed E-state index contributed by atoms with van der Waals surface area (Å²) in [6.45, 7) is 5.54. The lowest BCUT2D eigenvalue weighted by Crippen LogP contribution is -2.35. The number of hydrogen-bond acceptors (Lipinski definition) is 2. The first-order valence-corrected chi connectivity index (χ1v) is 5.83. The number of urea groups is 1. The Labute approximate surface area is 95.1 Å². The highest BCUT2D eigenvalue weighted by atomic mass is 16.7. The molecule has 0 spiro atoms. The van der Waals surface area contributed by atoms with E-state index in [4.69, 9.17) is 4.84 Å². The molecule has 0 N–H and O–H groups in total. The van der Waals surface area contributed by atoms with Crippen LogP contribution in [0, 0.1) is 5.92 Å². The van der Waals surface area contributed by atoms with Crippen LogP contribution in [0.3, 0.4) is 0 Å². The van der Waals surface area contributed by atoms with Gasteiger partial charge in [-0.2, -0.15) is 5.06 Å². The maximum absolute atomic E-state index is 11.9. The molecule has 0 aromatic rings. The van der Waals surface area contributed by atoms with Gasteiger partial charge in [-0.05, 0) is 24.3 Å². The van der Waals surface area contributed by atoms with Gasteiger partial charge in [0.1, 0.15) is 6.04 Å². The minimum atomic E-state index is -0.00116. The predicted molar refractivity (Wildman–Crippen MR) is 59.6 cm³/mol. The SMILES string of the molecule is C=CCON1C(=O)N2CC=C(C3CC3)[C@H]1C2. The topological polar surface area (TPSA) is 32.8 Å². The summed E-state index contributed by atoms with van der Waals surface area (Å²) >= 11 is 0. The summed E-state index contributed by atoms with van der Waals surface area (Å²) in [6.07, 6.45) is 6.42. The fourth-order valence-corrected chi connectivity index (χ4v) is 2.51. The van der Waals surface area contributed by atoms with Gasteiger partial charge in [0.05, 0.1) is 6.61 Å². The summed E-state index contributed by atoms with van der Waals surface area (Å²) in [5.41, 5.74) is 1.41. The third-order valence-electron chi connectivity index (χ3n) is 3.45. The summed E-state index contributed by atoms with van der Waals surface area (Å²) in [7, 11) is 0. The first kappa shape index (κ1) is 9.90. The third kappa shape index (κ3) is 1.45. The van der Waals surface area contributed by atoms with E-state index < -0.39 is 0 Å². The Hall–Kier alpha value is -1.29. The van der Waals surface area contributed by atoms with E-state index in [0.29, 0.717) is 12.5 Å². The lowest BCUT2D eigenvalue weighted by molar-refractivity contribution is -0.110. The summed E-state index contributed by atoms with van der Waals surface area (Å²) < 4.78 is 0. The van der Waals surface area contributed by atoms with Crippen LogP contribution >= 0.6 is 0 Å². The molecule has 4 heteroatoms. The van der Waals surface area contributed by atoms with Gasteiger partial charge in [-0.1, -0.05) is 12.2 Å². The average Bonchev–Trinajstić information content (AvgIpc) is 3.09. The zero-order chi connectivity index (χ0) is 11.1. The van der Waals surface area contributed by atoms with Crippen LogP contribution in [-0.4, -0.2) is 41.7 Å². The van der Waals surface area contributed by atoms with Gasteiger partial charge < -0.3 is 4.90 Å². The fourth-order valence-electron chi connectivity index (χ4n) is 2.51. The van der Waals surface area contributed by atoms with Gasteiger partial charge in [0.15, 0.2) is 0 Å². The van der Waals surface area contributed by atoms with Crippen molar-refractivity contribution in [3.05, 3.63) is 24.3 Å². The van der Waals surface area contributed by atoms with E-state index in [1.807, 2.05) is 4.90 Å². The smallest absolute Gasteiger partial charge is 0.317 e. The summed E-state index contributed by atoms with van der Waals surface area (Å²) in [5, 5.41) is 1.54. The first-order chi connectivity index (χ1) is 7.81. The van der Waals surface area contributed by atoms with Crippen LogP contribution in [0.15, 0.2) is 24.3 Å². The van der Waals surface area contributed by atoms with Crippen molar-refractivity contribution in [2.24, 2.45) is 5.92 Å². The van der Waals surface area contributed by atoms with Gasteiger partial charge in [-0.15, -0.1) is 6.58 Å². The van der Waals surface area contributed by atoms with E-state index in [0.717, 1.165) is 13.1 Å². The highest BCUT2D eigenvalue weighted by Gasteiger charge is 2.46. The highest BCUT2D eigenvalue weighted by molar-refractivity contribution is 5.78. The standard InChI is InChI=1S/C12H16N2O2/c1-2-7-16-14-11-8-13(12(14)15)6-5-10(11)9-3-4-9/h2,5,9,11H,1,3-4,6-8H2/t11-/m1/s1. The predicted octanol–water partition coefficient (Wildman–Crippen LogP) is 1.56. The minimum Gasteiger partial charge on any atom is -0.317 e. The number of carbonyl (C=O) groups is 1. The number of rotatable bonds is 4. The van der Waals surface area contributed by atoms with Crippen molar-refractivity contribution in [2.75, 3.05) is 19.7 Å². The van der Waals surface area contributed by atoms with Crippen LogP contribution in [0.2, 0.25) is 0 Å². The molecular weight excluding hydrogens is 204 g/mol. The number of carbonyl (C=O) groups excluding carboxylic acids is 1. The van der Waals surface area contributed by atoms with E-state index in [1.165, 1.54) is 18.4 Å². The Balaban J connectivity index is 1.80. The Morgan fingerprint density at radius 1 is 1.56 bits per heavy atom. The summed E-state index contributed by atoms with van der Waals surface area (Å²) in [6, 6.07) is 0.146. The monoisotopic (exact) mass is 220 g/mol. The van der Waals surface area contributed by atoms with Crippen molar-refractivity contribution >= 4 is 6.03 Å². The first-order valence-electron chi connectivity index (χ1n) is 5.83. The molecule has 0 aromatic carbocycles. The molecule has 0 radical (unpaired) electrons. The molecule has 0 unspecified atom stereocenters. The van der Waals surface area contributed by atoms with Crippen LogP contribution in [0.5, 0.6) is 0 Å². The van der Waals surface area contributed by atoms with Crippen LogP contribution in [0.4, 0.5) is 4.79 Å². The molecule has 2 amide bonds. The van der Waals surface area contributed by atoms with E-state index in [9.17, 15) is 4.79 Å². The Morgan fingerprint density at radius 2 is 2.38 bits per heavy atom. The molecule has 16 heavy (non-hydrogen) atoms. The third-order valence-corrected chi connectivity index (χ3v) is 3.45. The second-order valence-electron chi connectivity index (χ2n) is 4.59. The molecule has 1 atom stereocenters. The van der Waals surface area contributed by atoms with Crippen molar-refractivity contribution in [1.82, 2.24) is 9.96 Å². The average molecular weight is 220 g/mol. The molecule has 2 bridgehead atoms. The van der Waals surface area contributed by atoms with E-state index >= 15 is 0 Å². The van der Waals surface area contributed by atoms with Gasteiger partial charge in [-0.25, -0.2) is 4.79 Å². The van der Waals surface area contributed by atoms with Gasteiger partial charge >= 0.3 is 6.03 Å². The maximum Gasteiger partial charge on any atom is 0.344 e. The normalized spacial score (nSPS) is 28.4. The number of hydrogen-bond donors (Lipinski definition) is 0. The number of amides is 2. The quantitative estimate of drug-likeness (QED) is 0.673. The minimum absolute atomic E-state index is 0.00116. The molecule has 1 saturated heterocycles. The molecule has 2 fully saturated rings. The van der Waals surface area contributed by atoms with Gasteiger partial charge in [0.2, 0.25) is 0 Å². The lowest BCUT2D eigenvalue weighted by Gasteiger charge is -2.24. The van der Waals surface area contributed by atoms with Gasteiger partial charge in [-0.3, -0.25) is 4.84 Å². The molecule has 1 aliphatic carbocycles. The largest absolute Gasteiger partial charge is 0.344 e. The van der Waals surface area contributed by atoms with Crippen LogP contribution in [0.25, 0.3) is 0 Å². The summed E-state index contributed by atoms with van der Waals surface area (Å²) in [5.74, 6) is 0.702. The highest BCUT2D eigenvalue weighted by Crippen LogP contribution is 2.42. The lowest BCUT2D eigenvalue weighted by atomic mass is 10.00. The molecule has 2 aliphatic heterocycles. The molecular formula is C12H16N2O2. The van der Waals surface area contributed by atoms with Crippen LogP contribution < -0.4 is 0 Å². The number of fused-ring (bicyclic) bond motifs is 2. The van der Waals surface area contributed by atoms with Crippen LogP contribution in [0.1, 0.15) is 12.8 Å². The zero-order valence-corrected chi connectivity index (χ0v) is 9.26. The van der Waals surface area contributed by atoms with Gasteiger partial charge in [0, 0.05) is 13.1 Å². The molecule has 86 valence electrons. The van der Waals surface area contributed by atoms with Crippen molar-refractivity contribution in [1.29, 1.82) is 0 Å². The van der Waals surface area contributed by atoms with Crippen molar-refractivity contribution < 1.29 is 9.63 Å². The Bertz CT molecular complexity index is 360. The van der Waals surface area contributed by atoms with E-state index in [2.05, 4.69) is 12.7 Å². The van der Waals surface area contributed by atoms with Crippen molar-refractivity contribution in [3.8, 4) is 0 Å². The Kier molecular flexibility index (Phi) is 2.24.